The number of anilines is 1. The molecule has 0 bridgehead atoms. The third-order valence-electron chi connectivity index (χ3n) is 5.08. The summed E-state index contributed by atoms with van der Waals surface area (Å²) in [5.74, 6) is -0.0761. The second-order valence-electron chi connectivity index (χ2n) is 7.88. The molecule has 0 aliphatic heterocycles. The number of amides is 1. The molecule has 0 aromatic heterocycles. The molecule has 158 valence electrons. The van der Waals surface area contributed by atoms with Crippen LogP contribution in [0.2, 0.25) is 0 Å². The number of rotatable bonds is 8. The third kappa shape index (κ3) is 6.32. The molecule has 2 rings (SSSR count). The zero-order valence-electron chi connectivity index (χ0n) is 18.2. The lowest BCUT2D eigenvalue weighted by Crippen LogP contribution is -2.33. The normalized spacial score (nSPS) is 12.5. The lowest BCUT2D eigenvalue weighted by Gasteiger charge is -2.25. The van der Waals surface area contributed by atoms with Gasteiger partial charge >= 0.3 is 0 Å². The van der Waals surface area contributed by atoms with Gasteiger partial charge in [0, 0.05) is 13.0 Å². The van der Waals surface area contributed by atoms with Gasteiger partial charge in [-0.05, 0) is 69.4 Å². The Hall–Kier alpha value is -2.34. The third-order valence-corrected chi connectivity index (χ3v) is 6.26. The fraction of sp³-hybridized carbons (Fsp3) is 0.435. The Morgan fingerprint density at radius 1 is 1.00 bits per heavy atom. The number of hydrogen-bond donors (Lipinski definition) is 1. The van der Waals surface area contributed by atoms with Gasteiger partial charge in [-0.25, -0.2) is 8.42 Å². The van der Waals surface area contributed by atoms with Gasteiger partial charge < -0.3 is 5.32 Å². The average Bonchev–Trinajstić information content (AvgIpc) is 2.62. The highest BCUT2D eigenvalue weighted by Crippen LogP contribution is 2.24. The summed E-state index contributed by atoms with van der Waals surface area (Å²) in [6.45, 7) is 10.1. The summed E-state index contributed by atoms with van der Waals surface area (Å²) in [6.07, 6.45) is 1.93. The maximum absolute atomic E-state index is 12.4. The van der Waals surface area contributed by atoms with Crippen molar-refractivity contribution in [2.75, 3.05) is 17.1 Å². The monoisotopic (exact) mass is 416 g/mol. The van der Waals surface area contributed by atoms with Crippen LogP contribution in [-0.4, -0.2) is 27.1 Å². The van der Waals surface area contributed by atoms with E-state index in [1.54, 1.807) is 0 Å². The van der Waals surface area contributed by atoms with Crippen LogP contribution in [0, 0.1) is 27.7 Å². The molecular formula is C23H32N2O3S. The van der Waals surface area contributed by atoms with Gasteiger partial charge in [0.15, 0.2) is 0 Å². The minimum atomic E-state index is -3.43. The highest BCUT2D eigenvalue weighted by atomic mass is 32.2. The Bertz CT molecular complexity index is 984. The second kappa shape index (κ2) is 9.44. The first-order valence-electron chi connectivity index (χ1n) is 9.90. The van der Waals surface area contributed by atoms with Crippen LogP contribution in [0.25, 0.3) is 0 Å². The number of benzene rings is 2. The second-order valence-corrected chi connectivity index (χ2v) is 9.78. The maximum atomic E-state index is 12.4. The molecule has 1 amide bonds. The minimum Gasteiger partial charge on any atom is -0.350 e. The van der Waals surface area contributed by atoms with Gasteiger partial charge in [-0.15, -0.1) is 0 Å². The molecule has 0 radical (unpaired) electrons. The fourth-order valence-corrected chi connectivity index (χ4v) is 4.47. The molecule has 2 aromatic rings. The first-order valence-corrected chi connectivity index (χ1v) is 11.8. The van der Waals surface area contributed by atoms with Crippen molar-refractivity contribution in [3.8, 4) is 0 Å². The van der Waals surface area contributed by atoms with Crippen LogP contribution < -0.4 is 9.62 Å². The molecule has 0 saturated heterocycles. The van der Waals surface area contributed by atoms with Crippen molar-refractivity contribution in [3.05, 3.63) is 64.2 Å². The molecular weight excluding hydrogens is 384 g/mol. The van der Waals surface area contributed by atoms with Gasteiger partial charge in [0.1, 0.15) is 0 Å². The van der Waals surface area contributed by atoms with Crippen LogP contribution in [0.5, 0.6) is 0 Å². The molecule has 29 heavy (non-hydrogen) atoms. The summed E-state index contributed by atoms with van der Waals surface area (Å²) >= 11 is 0. The summed E-state index contributed by atoms with van der Waals surface area (Å²) in [5, 5.41) is 3.03. The van der Waals surface area contributed by atoms with E-state index in [0.29, 0.717) is 12.1 Å². The molecule has 1 N–H and O–H groups in total. The quantitative estimate of drug-likeness (QED) is 0.696. The number of carbonyl (C=O) groups is 1. The largest absolute Gasteiger partial charge is 0.350 e. The summed E-state index contributed by atoms with van der Waals surface area (Å²) in [7, 11) is -3.43. The summed E-state index contributed by atoms with van der Waals surface area (Å²) in [4.78, 5) is 12.4. The summed E-state index contributed by atoms with van der Waals surface area (Å²) in [6, 6.07) is 11.9. The Morgan fingerprint density at radius 3 is 2.21 bits per heavy atom. The minimum absolute atomic E-state index is 0.0761. The Balaban J connectivity index is 2.01. The average molecular weight is 417 g/mol. The number of nitrogens with zero attached hydrogens (tertiary/aromatic N) is 1. The molecule has 0 heterocycles. The van der Waals surface area contributed by atoms with Crippen molar-refractivity contribution in [1.82, 2.24) is 5.32 Å². The highest BCUT2D eigenvalue weighted by molar-refractivity contribution is 7.92. The van der Waals surface area contributed by atoms with Gasteiger partial charge in [-0.2, -0.15) is 0 Å². The predicted molar refractivity (Wildman–Crippen MR) is 120 cm³/mol. The zero-order chi connectivity index (χ0) is 21.8. The number of aryl methyl sites for hydroxylation is 4. The van der Waals surface area contributed by atoms with E-state index in [9.17, 15) is 13.2 Å². The van der Waals surface area contributed by atoms with Gasteiger partial charge in [0.25, 0.3) is 0 Å². The van der Waals surface area contributed by atoms with Gasteiger partial charge in [0.2, 0.25) is 15.9 Å². The molecule has 1 atom stereocenters. The fourth-order valence-electron chi connectivity index (χ4n) is 3.45. The van der Waals surface area contributed by atoms with E-state index in [1.165, 1.54) is 10.6 Å². The topological polar surface area (TPSA) is 66.5 Å². The van der Waals surface area contributed by atoms with Crippen molar-refractivity contribution in [2.45, 2.75) is 53.5 Å². The van der Waals surface area contributed by atoms with Crippen LogP contribution in [0.4, 0.5) is 5.69 Å². The highest BCUT2D eigenvalue weighted by Gasteiger charge is 2.20. The summed E-state index contributed by atoms with van der Waals surface area (Å²) in [5.41, 5.74) is 5.97. The molecule has 5 nitrogen and oxygen atoms in total. The van der Waals surface area contributed by atoms with E-state index in [-0.39, 0.29) is 24.9 Å². The molecule has 0 spiro atoms. The Kier molecular flexibility index (Phi) is 7.47. The first kappa shape index (κ1) is 22.9. The van der Waals surface area contributed by atoms with Gasteiger partial charge in [0.05, 0.1) is 18.0 Å². The predicted octanol–water partition coefficient (Wildman–Crippen LogP) is 4.34. The van der Waals surface area contributed by atoms with Gasteiger partial charge in [-0.3, -0.25) is 9.10 Å². The standard InChI is InChI=1S/C23H32N2O3S/c1-16-9-11-18(3)21(14-16)20(5)24-23(26)8-7-13-25(29(6,27)28)22-15-17(2)10-12-19(22)4/h9-12,14-15,20H,7-8,13H2,1-6H3,(H,24,26). The molecule has 6 heteroatoms. The molecule has 0 aliphatic rings. The lowest BCUT2D eigenvalue weighted by atomic mass is 10.00. The molecule has 2 aromatic carbocycles. The molecule has 0 saturated carbocycles. The van der Waals surface area contributed by atoms with Crippen molar-refractivity contribution in [3.63, 3.8) is 0 Å². The Labute approximate surface area is 175 Å². The molecule has 0 fully saturated rings. The van der Waals surface area contributed by atoms with Crippen molar-refractivity contribution in [1.29, 1.82) is 0 Å². The number of sulfonamides is 1. The summed E-state index contributed by atoms with van der Waals surface area (Å²) < 4.78 is 26.1. The Morgan fingerprint density at radius 2 is 1.59 bits per heavy atom. The van der Waals surface area contributed by atoms with E-state index in [0.717, 1.165) is 27.8 Å². The van der Waals surface area contributed by atoms with Gasteiger partial charge in [-0.1, -0.05) is 35.9 Å². The van der Waals surface area contributed by atoms with Crippen LogP contribution in [0.1, 0.15) is 53.6 Å². The van der Waals surface area contributed by atoms with E-state index in [4.69, 9.17) is 0 Å². The maximum Gasteiger partial charge on any atom is 0.232 e. The van der Waals surface area contributed by atoms with E-state index < -0.39 is 10.0 Å². The smallest absolute Gasteiger partial charge is 0.232 e. The number of nitrogens with one attached hydrogen (secondary N) is 1. The van der Waals surface area contributed by atoms with Crippen LogP contribution in [0.3, 0.4) is 0 Å². The van der Waals surface area contributed by atoms with E-state index >= 15 is 0 Å². The van der Waals surface area contributed by atoms with E-state index in [2.05, 4.69) is 23.5 Å². The van der Waals surface area contributed by atoms with Crippen LogP contribution in [0.15, 0.2) is 36.4 Å². The van der Waals surface area contributed by atoms with Crippen molar-refractivity contribution in [2.24, 2.45) is 0 Å². The van der Waals surface area contributed by atoms with Crippen LogP contribution >= 0.6 is 0 Å². The first-order chi connectivity index (χ1) is 13.5. The van der Waals surface area contributed by atoms with E-state index in [1.807, 2.05) is 52.8 Å². The molecule has 0 aliphatic carbocycles. The van der Waals surface area contributed by atoms with Crippen molar-refractivity contribution >= 4 is 21.6 Å². The number of hydrogen-bond acceptors (Lipinski definition) is 3. The number of carbonyl (C=O) groups excluding carboxylic acids is 1. The SMILES string of the molecule is Cc1ccc(C)c(C(C)NC(=O)CCCN(c2cc(C)ccc2C)S(C)(=O)=O)c1. The molecule has 1 unspecified atom stereocenters. The van der Waals surface area contributed by atoms with Crippen LogP contribution in [-0.2, 0) is 14.8 Å². The van der Waals surface area contributed by atoms with Crippen molar-refractivity contribution < 1.29 is 13.2 Å². The zero-order valence-corrected chi connectivity index (χ0v) is 19.1. The lowest BCUT2D eigenvalue weighted by molar-refractivity contribution is -0.121.